The van der Waals surface area contributed by atoms with Gasteiger partial charge in [0.2, 0.25) is 0 Å². The van der Waals surface area contributed by atoms with Crippen molar-refractivity contribution < 1.29 is 13.4 Å². The lowest BCUT2D eigenvalue weighted by Gasteiger charge is -2.68. The van der Waals surface area contributed by atoms with Gasteiger partial charge in [0.05, 0.1) is 11.1 Å². The van der Waals surface area contributed by atoms with Crippen LogP contribution in [0.25, 0.3) is 10.9 Å². The number of amides is 1. The Kier molecular flexibility index (Phi) is 5.62. The SMILES string of the molecule is CS(N)(=O)=NC12CC(Nc3cccc(NC(=O)c4cccc(Nc5ccnc6ccc(F)cc56)c4)c3)(C1)C2. The number of halogens is 1. The number of fused-ring (bicyclic) bond motifs is 1. The molecule has 4 aromatic rings. The van der Waals surface area contributed by atoms with E-state index in [0.717, 1.165) is 24.9 Å². The van der Waals surface area contributed by atoms with E-state index >= 15 is 0 Å². The highest BCUT2D eigenvalue weighted by atomic mass is 32.2. The van der Waals surface area contributed by atoms with Gasteiger partial charge in [0.1, 0.15) is 15.7 Å². The van der Waals surface area contributed by atoms with Crippen LogP contribution in [0.5, 0.6) is 0 Å². The lowest BCUT2D eigenvalue weighted by molar-refractivity contribution is -0.0280. The quantitative estimate of drug-likeness (QED) is 0.254. The summed E-state index contributed by atoms with van der Waals surface area (Å²) in [5, 5.41) is 16.1. The summed E-state index contributed by atoms with van der Waals surface area (Å²) in [5.74, 6) is -0.593. The van der Waals surface area contributed by atoms with Gasteiger partial charge in [-0.15, -0.1) is 0 Å². The van der Waals surface area contributed by atoms with Gasteiger partial charge in [-0.2, -0.15) is 0 Å². The molecule has 0 aliphatic heterocycles. The molecule has 10 heteroatoms. The van der Waals surface area contributed by atoms with Gasteiger partial charge in [-0.1, -0.05) is 12.1 Å². The molecule has 194 valence electrons. The van der Waals surface area contributed by atoms with Crippen molar-refractivity contribution in [3.63, 3.8) is 0 Å². The number of nitrogens with two attached hydrogens (primary N) is 1. The lowest BCUT2D eigenvalue weighted by atomic mass is 9.44. The zero-order valence-electron chi connectivity index (χ0n) is 20.7. The van der Waals surface area contributed by atoms with E-state index in [9.17, 15) is 13.4 Å². The molecule has 1 unspecified atom stereocenters. The number of nitrogens with one attached hydrogen (secondary N) is 3. The van der Waals surface area contributed by atoms with Crippen LogP contribution >= 0.6 is 0 Å². The third-order valence-corrected chi connectivity index (χ3v) is 7.76. The summed E-state index contributed by atoms with van der Waals surface area (Å²) >= 11 is 0. The van der Waals surface area contributed by atoms with Gasteiger partial charge in [-0.25, -0.2) is 18.1 Å². The summed E-state index contributed by atoms with van der Waals surface area (Å²) in [4.78, 5) is 17.3. The van der Waals surface area contributed by atoms with Gasteiger partial charge < -0.3 is 16.0 Å². The van der Waals surface area contributed by atoms with Crippen LogP contribution in [-0.2, 0) is 9.92 Å². The molecular formula is C28H27FN6O2S. The number of carbonyl (C=O) groups excluding carboxylic acids is 1. The first-order chi connectivity index (χ1) is 18.1. The molecule has 0 saturated heterocycles. The minimum Gasteiger partial charge on any atom is -0.379 e. The molecule has 2 bridgehead atoms. The Morgan fingerprint density at radius 1 is 1.00 bits per heavy atom. The van der Waals surface area contributed by atoms with E-state index < -0.39 is 9.92 Å². The maximum absolute atomic E-state index is 13.8. The molecule has 3 aromatic carbocycles. The molecule has 3 aliphatic rings. The molecule has 7 rings (SSSR count). The average Bonchev–Trinajstić information content (AvgIpc) is 2.82. The van der Waals surface area contributed by atoms with Gasteiger partial charge in [-0.05, 0) is 79.9 Å². The number of anilines is 4. The third kappa shape index (κ3) is 4.80. The number of aromatic nitrogens is 1. The van der Waals surface area contributed by atoms with Gasteiger partial charge in [0.15, 0.2) is 0 Å². The second-order valence-corrected chi connectivity index (χ2v) is 12.3. The molecule has 3 fully saturated rings. The molecule has 0 spiro atoms. The summed E-state index contributed by atoms with van der Waals surface area (Å²) in [6.45, 7) is 0. The first-order valence-corrected chi connectivity index (χ1v) is 14.2. The van der Waals surface area contributed by atoms with E-state index in [1.54, 1.807) is 36.5 Å². The Morgan fingerprint density at radius 3 is 2.53 bits per heavy atom. The van der Waals surface area contributed by atoms with Gasteiger partial charge in [0.25, 0.3) is 5.91 Å². The highest BCUT2D eigenvalue weighted by Crippen LogP contribution is 2.64. The monoisotopic (exact) mass is 530 g/mol. The number of rotatable bonds is 7. The van der Waals surface area contributed by atoms with Crippen molar-refractivity contribution >= 4 is 49.5 Å². The lowest BCUT2D eigenvalue weighted by Crippen LogP contribution is -2.74. The molecule has 38 heavy (non-hydrogen) atoms. The van der Waals surface area contributed by atoms with Crippen molar-refractivity contribution in [2.75, 3.05) is 22.2 Å². The number of hydrogen-bond acceptors (Lipinski definition) is 6. The Balaban J connectivity index is 1.13. The number of nitrogens with zero attached hydrogens (tertiary/aromatic N) is 2. The number of carbonyl (C=O) groups is 1. The Morgan fingerprint density at radius 2 is 1.74 bits per heavy atom. The van der Waals surface area contributed by atoms with E-state index in [-0.39, 0.29) is 22.8 Å². The van der Waals surface area contributed by atoms with E-state index in [2.05, 4.69) is 25.3 Å². The fourth-order valence-electron chi connectivity index (χ4n) is 5.65. The second-order valence-electron chi connectivity index (χ2n) is 10.4. The highest BCUT2D eigenvalue weighted by molar-refractivity contribution is 7.90. The van der Waals surface area contributed by atoms with Crippen molar-refractivity contribution in [2.45, 2.75) is 30.3 Å². The highest BCUT2D eigenvalue weighted by Gasteiger charge is 2.69. The van der Waals surface area contributed by atoms with E-state index in [1.165, 1.54) is 18.4 Å². The zero-order chi connectivity index (χ0) is 26.5. The van der Waals surface area contributed by atoms with E-state index in [1.807, 2.05) is 30.3 Å². The predicted octanol–water partition coefficient (Wildman–Crippen LogP) is 5.43. The number of hydrogen-bond donors (Lipinski definition) is 4. The standard InChI is InChI=1S/C28H27FN6O2S/c1-38(30,37)35-28-15-27(16-28,17-28)34-22-7-3-6-21(14-22)33-26(36)18-4-2-5-20(12-18)32-25-10-11-31-24-9-8-19(29)13-23(24)25/h2-14,34H,15-17H2,1H3,(H,31,32)(H,33,36)(H2,30,35,37). The first-order valence-electron chi connectivity index (χ1n) is 12.2. The fourth-order valence-corrected chi connectivity index (χ4v) is 6.62. The van der Waals surface area contributed by atoms with Crippen molar-refractivity contribution in [1.82, 2.24) is 4.98 Å². The van der Waals surface area contributed by atoms with E-state index in [4.69, 9.17) is 5.14 Å². The van der Waals surface area contributed by atoms with Crippen LogP contribution < -0.4 is 21.1 Å². The molecule has 3 aliphatic carbocycles. The summed E-state index contributed by atoms with van der Waals surface area (Å²) in [5.41, 5.74) is 3.79. The summed E-state index contributed by atoms with van der Waals surface area (Å²) < 4.78 is 30.0. The minimum atomic E-state index is -2.61. The van der Waals surface area contributed by atoms with Crippen molar-refractivity contribution in [3.8, 4) is 0 Å². The van der Waals surface area contributed by atoms with Gasteiger partial charge in [0, 0.05) is 51.7 Å². The normalized spacial score (nSPS) is 22.9. The summed E-state index contributed by atoms with van der Waals surface area (Å²) in [6.07, 6.45) is 5.53. The number of pyridine rings is 1. The largest absolute Gasteiger partial charge is 0.379 e. The van der Waals surface area contributed by atoms with Crippen LogP contribution in [0.15, 0.2) is 83.4 Å². The predicted molar refractivity (Wildman–Crippen MR) is 149 cm³/mol. The molecule has 1 atom stereocenters. The molecule has 8 nitrogen and oxygen atoms in total. The molecule has 1 aromatic heterocycles. The fraction of sp³-hybridized carbons (Fsp3) is 0.214. The number of benzene rings is 3. The van der Waals surface area contributed by atoms with Gasteiger partial charge >= 0.3 is 0 Å². The molecule has 1 heterocycles. The van der Waals surface area contributed by atoms with Crippen LogP contribution in [-0.4, -0.2) is 32.4 Å². The van der Waals surface area contributed by atoms with Crippen LogP contribution in [0.3, 0.4) is 0 Å². The maximum Gasteiger partial charge on any atom is 0.255 e. The Hall–Kier alpha value is -4.02. The molecule has 0 radical (unpaired) electrons. The molecule has 5 N–H and O–H groups in total. The second kappa shape index (κ2) is 8.78. The van der Waals surface area contributed by atoms with Crippen molar-refractivity contribution in [1.29, 1.82) is 0 Å². The Labute approximate surface area is 220 Å². The summed E-state index contributed by atoms with van der Waals surface area (Å²) in [6, 6.07) is 20.9. The van der Waals surface area contributed by atoms with Crippen molar-refractivity contribution in [3.05, 3.63) is 90.4 Å². The van der Waals surface area contributed by atoms with E-state index in [0.29, 0.717) is 33.5 Å². The smallest absolute Gasteiger partial charge is 0.255 e. The zero-order valence-corrected chi connectivity index (χ0v) is 21.5. The van der Waals surface area contributed by atoms with Gasteiger partial charge in [-0.3, -0.25) is 9.78 Å². The van der Waals surface area contributed by atoms with Crippen molar-refractivity contribution in [2.24, 2.45) is 9.50 Å². The maximum atomic E-state index is 13.8. The van der Waals surface area contributed by atoms with Crippen LogP contribution in [0.4, 0.5) is 27.1 Å². The van der Waals surface area contributed by atoms with Crippen LogP contribution in [0.2, 0.25) is 0 Å². The Bertz CT molecular complexity index is 1690. The molecular weight excluding hydrogens is 503 g/mol. The topological polar surface area (TPSA) is 122 Å². The third-order valence-electron chi connectivity index (χ3n) is 7.01. The molecule has 1 amide bonds. The first kappa shape index (κ1) is 24.3. The van der Waals surface area contributed by atoms with Crippen LogP contribution in [0.1, 0.15) is 29.6 Å². The summed E-state index contributed by atoms with van der Waals surface area (Å²) in [7, 11) is -2.61. The van der Waals surface area contributed by atoms with Crippen LogP contribution in [0, 0.1) is 5.82 Å². The average molecular weight is 531 g/mol. The molecule has 3 saturated carbocycles. The minimum absolute atomic E-state index is 0.0587.